The fourth-order valence-electron chi connectivity index (χ4n) is 2.16. The first-order valence-electron chi connectivity index (χ1n) is 6.84. The lowest BCUT2D eigenvalue weighted by molar-refractivity contribution is 0.241. The topological polar surface area (TPSA) is 42.2 Å². The number of nitrogens with zero attached hydrogens (tertiary/aromatic N) is 3. The molecule has 1 atom stereocenters. The van der Waals surface area contributed by atoms with Crippen molar-refractivity contribution < 1.29 is 4.52 Å². The van der Waals surface area contributed by atoms with Crippen LogP contribution in [0, 0.1) is 0 Å². The Morgan fingerprint density at radius 1 is 1.29 bits per heavy atom. The molecule has 0 bridgehead atoms. The summed E-state index contributed by atoms with van der Waals surface area (Å²) in [6.07, 6.45) is 1.82. The lowest BCUT2D eigenvalue weighted by atomic mass is 10.2. The number of thiophene rings is 1. The van der Waals surface area contributed by atoms with Crippen LogP contribution >= 0.6 is 11.3 Å². The number of hydrogen-bond donors (Lipinski definition) is 0. The Morgan fingerprint density at radius 2 is 2.19 bits per heavy atom. The van der Waals surface area contributed by atoms with Gasteiger partial charge in [0, 0.05) is 24.8 Å². The molecule has 3 aromatic heterocycles. The van der Waals surface area contributed by atoms with E-state index in [4.69, 9.17) is 4.52 Å². The smallest absolute Gasteiger partial charge is 0.177 e. The molecule has 0 saturated heterocycles. The molecule has 108 valence electrons. The lowest BCUT2D eigenvalue weighted by Gasteiger charge is -2.22. The van der Waals surface area contributed by atoms with E-state index in [0.29, 0.717) is 0 Å². The van der Waals surface area contributed by atoms with Crippen molar-refractivity contribution in [2.75, 3.05) is 7.05 Å². The number of pyridine rings is 1. The van der Waals surface area contributed by atoms with Crippen molar-refractivity contribution in [1.82, 2.24) is 15.0 Å². The van der Waals surface area contributed by atoms with Crippen LogP contribution in [-0.2, 0) is 6.54 Å². The highest BCUT2D eigenvalue weighted by Crippen LogP contribution is 2.26. The summed E-state index contributed by atoms with van der Waals surface area (Å²) >= 11 is 1.65. The van der Waals surface area contributed by atoms with Crippen molar-refractivity contribution in [2.24, 2.45) is 0 Å². The van der Waals surface area contributed by atoms with Gasteiger partial charge in [0.15, 0.2) is 5.76 Å². The summed E-state index contributed by atoms with van der Waals surface area (Å²) in [7, 11) is 2.07. The molecular formula is C16H17N3OS. The van der Waals surface area contributed by atoms with E-state index in [1.807, 2.05) is 48.0 Å². The highest BCUT2D eigenvalue weighted by atomic mass is 32.1. The van der Waals surface area contributed by atoms with E-state index in [0.717, 1.165) is 28.6 Å². The van der Waals surface area contributed by atoms with Crippen LogP contribution in [0.25, 0.3) is 10.6 Å². The Hall–Kier alpha value is -1.98. The number of hydrogen-bond acceptors (Lipinski definition) is 5. The molecule has 0 aliphatic heterocycles. The van der Waals surface area contributed by atoms with E-state index >= 15 is 0 Å². The van der Waals surface area contributed by atoms with Crippen molar-refractivity contribution in [2.45, 2.75) is 19.5 Å². The van der Waals surface area contributed by atoms with E-state index in [-0.39, 0.29) is 6.04 Å². The van der Waals surface area contributed by atoms with Gasteiger partial charge in [-0.25, -0.2) is 0 Å². The van der Waals surface area contributed by atoms with Crippen LogP contribution in [0.4, 0.5) is 0 Å². The van der Waals surface area contributed by atoms with Gasteiger partial charge in [0.1, 0.15) is 0 Å². The Bertz CT molecular complexity index is 679. The quantitative estimate of drug-likeness (QED) is 0.714. The molecule has 0 aliphatic rings. The van der Waals surface area contributed by atoms with Crippen LogP contribution in [0.5, 0.6) is 0 Å². The summed E-state index contributed by atoms with van der Waals surface area (Å²) in [5, 5.41) is 6.19. The zero-order valence-electron chi connectivity index (χ0n) is 12.1. The van der Waals surface area contributed by atoms with Gasteiger partial charge in [0.05, 0.1) is 16.3 Å². The summed E-state index contributed by atoms with van der Waals surface area (Å²) < 4.78 is 5.41. The second-order valence-corrected chi connectivity index (χ2v) is 5.95. The maximum Gasteiger partial charge on any atom is 0.177 e. The van der Waals surface area contributed by atoms with Gasteiger partial charge in [-0.05, 0) is 37.6 Å². The molecule has 0 unspecified atom stereocenters. The monoisotopic (exact) mass is 299 g/mol. The zero-order chi connectivity index (χ0) is 14.7. The summed E-state index contributed by atoms with van der Waals surface area (Å²) in [6.45, 7) is 2.87. The first-order chi connectivity index (χ1) is 10.2. The first kappa shape index (κ1) is 14.0. The van der Waals surface area contributed by atoms with Gasteiger partial charge >= 0.3 is 0 Å². The Kier molecular flexibility index (Phi) is 4.13. The molecule has 0 fully saturated rings. The van der Waals surface area contributed by atoms with Crippen molar-refractivity contribution in [3.8, 4) is 10.6 Å². The predicted molar refractivity (Wildman–Crippen MR) is 83.9 cm³/mol. The second kappa shape index (κ2) is 6.20. The highest BCUT2D eigenvalue weighted by Gasteiger charge is 2.15. The van der Waals surface area contributed by atoms with Gasteiger partial charge in [0.25, 0.3) is 0 Å². The van der Waals surface area contributed by atoms with Crippen molar-refractivity contribution >= 4 is 11.3 Å². The zero-order valence-corrected chi connectivity index (χ0v) is 12.9. The van der Waals surface area contributed by atoms with Gasteiger partial charge in [0.2, 0.25) is 0 Å². The first-order valence-corrected chi connectivity index (χ1v) is 7.72. The Morgan fingerprint density at radius 3 is 2.90 bits per heavy atom. The molecule has 0 saturated carbocycles. The molecule has 5 heteroatoms. The maximum absolute atomic E-state index is 5.41. The minimum Gasteiger partial charge on any atom is -0.355 e. The molecule has 0 N–H and O–H groups in total. The van der Waals surface area contributed by atoms with Crippen molar-refractivity contribution in [3.05, 3.63) is 59.4 Å². The minimum absolute atomic E-state index is 0.230. The highest BCUT2D eigenvalue weighted by molar-refractivity contribution is 7.13. The van der Waals surface area contributed by atoms with Crippen LogP contribution < -0.4 is 0 Å². The summed E-state index contributed by atoms with van der Waals surface area (Å²) in [6, 6.07) is 12.3. The third-order valence-electron chi connectivity index (χ3n) is 3.51. The van der Waals surface area contributed by atoms with Gasteiger partial charge in [-0.2, -0.15) is 0 Å². The molecule has 0 aromatic carbocycles. The SMILES string of the molecule is C[C@@H](c1ccccn1)N(C)Cc1cc(-c2cccs2)on1. The van der Waals surface area contributed by atoms with Crippen LogP contribution in [0.1, 0.15) is 24.4 Å². The average molecular weight is 299 g/mol. The third-order valence-corrected chi connectivity index (χ3v) is 4.40. The van der Waals surface area contributed by atoms with E-state index in [1.54, 1.807) is 11.3 Å². The standard InChI is InChI=1S/C16H17N3OS/c1-12(14-6-3-4-8-17-14)19(2)11-13-10-15(20-18-13)16-7-5-9-21-16/h3-10,12H,11H2,1-2H3/t12-/m0/s1. The van der Waals surface area contributed by atoms with Gasteiger partial charge in [-0.15, -0.1) is 11.3 Å². The minimum atomic E-state index is 0.230. The summed E-state index contributed by atoms with van der Waals surface area (Å²) in [5.41, 5.74) is 1.99. The molecular weight excluding hydrogens is 282 g/mol. The normalized spacial score (nSPS) is 12.7. The van der Waals surface area contributed by atoms with Crippen molar-refractivity contribution in [3.63, 3.8) is 0 Å². The fourth-order valence-corrected chi connectivity index (χ4v) is 2.84. The second-order valence-electron chi connectivity index (χ2n) is 5.01. The van der Waals surface area contributed by atoms with Crippen LogP contribution in [0.15, 0.2) is 52.5 Å². The van der Waals surface area contributed by atoms with Gasteiger partial charge < -0.3 is 4.52 Å². The summed E-state index contributed by atoms with van der Waals surface area (Å²) in [5.74, 6) is 0.832. The average Bonchev–Trinajstić information content (AvgIpc) is 3.18. The maximum atomic E-state index is 5.41. The third kappa shape index (κ3) is 3.20. The fraction of sp³-hybridized carbons (Fsp3) is 0.250. The van der Waals surface area contributed by atoms with Gasteiger partial charge in [-0.1, -0.05) is 17.3 Å². The predicted octanol–water partition coefficient (Wildman–Crippen LogP) is 3.99. The largest absolute Gasteiger partial charge is 0.355 e. The van der Waals surface area contributed by atoms with Crippen LogP contribution in [0.3, 0.4) is 0 Å². The van der Waals surface area contributed by atoms with E-state index in [1.165, 1.54) is 0 Å². The Labute approximate surface area is 128 Å². The molecule has 0 aliphatic carbocycles. The lowest BCUT2D eigenvalue weighted by Crippen LogP contribution is -2.22. The Balaban J connectivity index is 1.69. The molecule has 3 rings (SSSR count). The van der Waals surface area contributed by atoms with Crippen molar-refractivity contribution in [1.29, 1.82) is 0 Å². The van der Waals surface area contributed by atoms with E-state index < -0.39 is 0 Å². The molecule has 21 heavy (non-hydrogen) atoms. The molecule has 0 amide bonds. The van der Waals surface area contributed by atoms with E-state index in [2.05, 4.69) is 29.0 Å². The summed E-state index contributed by atoms with van der Waals surface area (Å²) in [4.78, 5) is 7.72. The molecule has 4 nitrogen and oxygen atoms in total. The van der Waals surface area contributed by atoms with Gasteiger partial charge in [-0.3, -0.25) is 9.88 Å². The number of rotatable bonds is 5. The molecule has 3 heterocycles. The molecule has 0 radical (unpaired) electrons. The van der Waals surface area contributed by atoms with Crippen LogP contribution in [-0.4, -0.2) is 22.1 Å². The van der Waals surface area contributed by atoms with E-state index in [9.17, 15) is 0 Å². The van der Waals surface area contributed by atoms with Crippen LogP contribution in [0.2, 0.25) is 0 Å². The molecule has 3 aromatic rings. The number of aromatic nitrogens is 2. The molecule has 0 spiro atoms.